The molecule has 3 aromatic rings. The molecule has 222 valence electrons. The minimum atomic E-state index is -1.03. The van der Waals surface area contributed by atoms with Gasteiger partial charge in [-0.1, -0.05) is 48.9 Å². The molecule has 0 bridgehead atoms. The third-order valence-electron chi connectivity index (χ3n) is 7.28. The van der Waals surface area contributed by atoms with E-state index in [2.05, 4.69) is 20.2 Å². The molecule has 2 aromatic carbocycles. The highest BCUT2D eigenvalue weighted by Crippen LogP contribution is 2.36. The number of aliphatic hydroxyl groups excluding tert-OH is 1. The maximum atomic E-state index is 15.5. The lowest BCUT2D eigenvalue weighted by Crippen LogP contribution is -2.52. The molecule has 42 heavy (non-hydrogen) atoms. The number of hydrogen-bond acceptors (Lipinski definition) is 5. The fraction of sp³-hybridized carbons (Fsp3) is 0.344. The van der Waals surface area contributed by atoms with E-state index >= 15 is 4.39 Å². The summed E-state index contributed by atoms with van der Waals surface area (Å²) in [7, 11) is 0. The van der Waals surface area contributed by atoms with Crippen molar-refractivity contribution in [3.63, 3.8) is 0 Å². The van der Waals surface area contributed by atoms with Crippen LogP contribution in [0.15, 0.2) is 65.9 Å². The summed E-state index contributed by atoms with van der Waals surface area (Å²) in [6.07, 6.45) is 6.56. The van der Waals surface area contributed by atoms with Crippen molar-refractivity contribution >= 4 is 45.5 Å². The molecule has 1 aromatic heterocycles. The van der Waals surface area contributed by atoms with Gasteiger partial charge in [0.1, 0.15) is 23.6 Å². The quantitative estimate of drug-likeness (QED) is 0.174. The number of piperazine rings is 1. The number of hydrogen-bond donors (Lipinski definition) is 2. The molecule has 2 unspecified atom stereocenters. The van der Waals surface area contributed by atoms with Crippen molar-refractivity contribution in [2.45, 2.75) is 46.3 Å². The molecule has 1 amide bonds. The molecule has 4 rings (SSSR count). The lowest BCUT2D eigenvalue weighted by molar-refractivity contribution is -0.140. The summed E-state index contributed by atoms with van der Waals surface area (Å²) in [6.45, 7) is 9.28. The van der Waals surface area contributed by atoms with Crippen LogP contribution in [0.3, 0.4) is 0 Å². The number of aliphatic imine (C=N–C) groups is 1. The van der Waals surface area contributed by atoms with Gasteiger partial charge in [0.25, 0.3) is 5.91 Å². The summed E-state index contributed by atoms with van der Waals surface area (Å²) >= 11 is 6.56. The van der Waals surface area contributed by atoms with Crippen LogP contribution in [-0.2, 0) is 4.79 Å². The van der Waals surface area contributed by atoms with Crippen LogP contribution in [0.5, 0.6) is 0 Å². The lowest BCUT2D eigenvalue weighted by Gasteiger charge is -2.36. The summed E-state index contributed by atoms with van der Waals surface area (Å²) in [5, 5.41) is 13.8. The number of pyridine rings is 1. The highest BCUT2D eigenvalue weighted by Gasteiger charge is 2.24. The lowest BCUT2D eigenvalue weighted by atomic mass is 10.0. The summed E-state index contributed by atoms with van der Waals surface area (Å²) in [5.41, 5.74) is 2.30. The van der Waals surface area contributed by atoms with E-state index in [9.17, 15) is 14.3 Å². The van der Waals surface area contributed by atoms with Gasteiger partial charge in [0.2, 0.25) is 0 Å². The molecule has 0 spiro atoms. The van der Waals surface area contributed by atoms with Crippen LogP contribution in [0.4, 0.5) is 14.5 Å². The average molecular weight is 596 g/mol. The number of rotatable bonds is 8. The number of aliphatic hydroxyl groups is 1. The number of amides is 1. The first kappa shape index (κ1) is 31.1. The smallest absolute Gasteiger partial charge is 0.251 e. The Hall–Kier alpha value is -3.82. The molecule has 2 heterocycles. The zero-order valence-electron chi connectivity index (χ0n) is 24.2. The maximum absolute atomic E-state index is 15.5. The van der Waals surface area contributed by atoms with Crippen molar-refractivity contribution < 1.29 is 18.7 Å². The van der Waals surface area contributed by atoms with Crippen molar-refractivity contribution in [2.24, 2.45) is 4.99 Å². The largest absolute Gasteiger partial charge is 0.384 e. The Morgan fingerprint density at radius 2 is 1.83 bits per heavy atom. The molecule has 0 radical (unpaired) electrons. The molecular weight excluding hydrogens is 560 g/mol. The number of aromatic nitrogens is 1. The molecule has 0 aliphatic carbocycles. The summed E-state index contributed by atoms with van der Waals surface area (Å²) in [6, 6.07) is 9.15. The Kier molecular flexibility index (Phi) is 10.3. The first-order chi connectivity index (χ1) is 20.1. The average Bonchev–Trinajstić information content (AvgIpc) is 2.98. The van der Waals surface area contributed by atoms with Gasteiger partial charge in [-0.25, -0.2) is 13.8 Å². The van der Waals surface area contributed by atoms with Gasteiger partial charge in [0.05, 0.1) is 22.3 Å². The number of halogens is 3. The van der Waals surface area contributed by atoms with Gasteiger partial charge in [-0.3, -0.25) is 9.78 Å². The molecule has 1 fully saturated rings. The summed E-state index contributed by atoms with van der Waals surface area (Å²) in [4.78, 5) is 24.8. The Bertz CT molecular complexity index is 1530. The number of benzene rings is 2. The first-order valence-corrected chi connectivity index (χ1v) is 14.4. The van der Waals surface area contributed by atoms with Gasteiger partial charge in [0, 0.05) is 66.7 Å². The number of nitrogens with one attached hydrogen (secondary N) is 1. The minimum absolute atomic E-state index is 0.283. The van der Waals surface area contributed by atoms with Crippen LogP contribution in [0.25, 0.3) is 16.5 Å². The van der Waals surface area contributed by atoms with Crippen LogP contribution < -0.4 is 5.32 Å². The predicted molar refractivity (Wildman–Crippen MR) is 165 cm³/mol. The number of carbonyl (C=O) groups excluding carboxylic acids is 1. The van der Waals surface area contributed by atoms with E-state index < -0.39 is 18.0 Å². The van der Waals surface area contributed by atoms with Crippen LogP contribution in [0.1, 0.15) is 51.3 Å². The number of allylic oxidation sites excluding steroid dienone is 3. The predicted octanol–water partition coefficient (Wildman–Crippen LogP) is 6.59. The second-order valence-electron chi connectivity index (χ2n) is 10.3. The second-order valence-corrected chi connectivity index (χ2v) is 10.7. The molecular formula is C32H36ClF2N5O2. The van der Waals surface area contributed by atoms with Crippen molar-refractivity contribution in [1.82, 2.24) is 14.8 Å². The van der Waals surface area contributed by atoms with Crippen LogP contribution in [0.2, 0.25) is 5.02 Å². The second kappa shape index (κ2) is 13.9. The molecule has 1 saturated heterocycles. The fourth-order valence-corrected chi connectivity index (χ4v) is 5.09. The summed E-state index contributed by atoms with van der Waals surface area (Å²) < 4.78 is 30.0. The molecule has 0 saturated carbocycles. The third kappa shape index (κ3) is 7.14. The molecule has 10 heteroatoms. The molecule has 1 aliphatic heterocycles. The first-order valence-electron chi connectivity index (χ1n) is 14.0. The number of carbonyl (C=O) groups is 1. The summed E-state index contributed by atoms with van der Waals surface area (Å²) in [5.74, 6) is -0.350. The third-order valence-corrected chi connectivity index (χ3v) is 7.57. The fourth-order valence-electron chi connectivity index (χ4n) is 4.88. The zero-order valence-corrected chi connectivity index (χ0v) is 25.0. The number of fused-ring (bicyclic) bond motifs is 1. The highest BCUT2D eigenvalue weighted by molar-refractivity contribution is 6.34. The number of anilines is 1. The van der Waals surface area contributed by atoms with E-state index in [-0.39, 0.29) is 11.7 Å². The van der Waals surface area contributed by atoms with E-state index in [0.717, 1.165) is 12.3 Å². The van der Waals surface area contributed by atoms with E-state index in [1.165, 1.54) is 25.3 Å². The van der Waals surface area contributed by atoms with Crippen molar-refractivity contribution in [3.05, 3.63) is 88.7 Å². The Morgan fingerprint density at radius 1 is 1.14 bits per heavy atom. The topological polar surface area (TPSA) is 81.1 Å². The van der Waals surface area contributed by atoms with Crippen molar-refractivity contribution in [3.8, 4) is 0 Å². The van der Waals surface area contributed by atoms with E-state index in [1.54, 1.807) is 35.4 Å². The van der Waals surface area contributed by atoms with E-state index in [4.69, 9.17) is 11.6 Å². The van der Waals surface area contributed by atoms with Crippen LogP contribution in [-0.4, -0.2) is 63.9 Å². The zero-order chi connectivity index (χ0) is 30.4. The van der Waals surface area contributed by atoms with Crippen molar-refractivity contribution in [1.29, 1.82) is 0 Å². The van der Waals surface area contributed by atoms with Gasteiger partial charge in [-0.05, 0) is 39.3 Å². The highest BCUT2D eigenvalue weighted by atomic mass is 35.5. The molecule has 7 nitrogen and oxygen atoms in total. The van der Waals surface area contributed by atoms with Gasteiger partial charge < -0.3 is 20.2 Å². The Morgan fingerprint density at radius 3 is 2.50 bits per heavy atom. The van der Waals surface area contributed by atoms with E-state index in [1.807, 2.05) is 32.9 Å². The van der Waals surface area contributed by atoms with Crippen molar-refractivity contribution in [2.75, 3.05) is 31.5 Å². The van der Waals surface area contributed by atoms with Gasteiger partial charge in [-0.15, -0.1) is 0 Å². The number of nitrogens with zero attached hydrogens (tertiary/aromatic N) is 4. The maximum Gasteiger partial charge on any atom is 0.251 e. The molecule has 1 aliphatic rings. The van der Waals surface area contributed by atoms with Crippen LogP contribution >= 0.6 is 11.6 Å². The Labute approximate surface area is 250 Å². The minimum Gasteiger partial charge on any atom is -0.384 e. The van der Waals surface area contributed by atoms with Gasteiger partial charge >= 0.3 is 0 Å². The SMILES string of the molecule is CC/C=C/C(=C\N=C(C)N1CCN(C(=O)C(C)O)CC1)c1cc2c(NC(C)c3ccccc3F)c(Cl)cnc2cc1F. The molecule has 2 N–H and O–H groups in total. The number of amidine groups is 1. The van der Waals surface area contributed by atoms with E-state index in [0.29, 0.717) is 64.5 Å². The van der Waals surface area contributed by atoms with Gasteiger partial charge in [0.15, 0.2) is 0 Å². The molecule has 2 atom stereocenters. The Balaban J connectivity index is 1.67. The van der Waals surface area contributed by atoms with Crippen LogP contribution in [0, 0.1) is 11.6 Å². The standard InChI is InChI=1S/C32H36ClF2N5O2/c1-5-6-9-23(18-36-22(4)39-12-14-40(15-13-39)32(42)21(3)41)25-16-26-30(17-29(25)35)37-19-27(33)31(26)38-20(2)24-10-7-8-11-28(24)34/h6-11,16-21,41H,5,12-15H2,1-4H3,(H,37,38)/b9-6+,23-18+,36-22?. The van der Waals surface area contributed by atoms with Gasteiger partial charge in [-0.2, -0.15) is 0 Å². The monoisotopic (exact) mass is 595 g/mol. The normalized spacial score (nSPS) is 16.3.